The lowest BCUT2D eigenvalue weighted by atomic mass is 10.00. The molecule has 0 spiro atoms. The first-order valence-corrected chi connectivity index (χ1v) is 6.95. The summed E-state index contributed by atoms with van der Waals surface area (Å²) in [5, 5.41) is -0.669. The second-order valence-corrected chi connectivity index (χ2v) is 5.32. The first kappa shape index (κ1) is 16.9. The molecule has 0 radical (unpaired) electrons. The van der Waals surface area contributed by atoms with Crippen LogP contribution in [0, 0.1) is 0 Å². The van der Waals surface area contributed by atoms with Gasteiger partial charge >= 0.3 is 17.9 Å². The van der Waals surface area contributed by atoms with Crippen LogP contribution in [0.5, 0.6) is 0 Å². The number of carbonyl (C=O) groups excluding carboxylic acids is 3. The molecule has 1 heterocycles. The maximum atomic E-state index is 11.2. The van der Waals surface area contributed by atoms with Crippen LogP contribution in [-0.4, -0.2) is 47.3 Å². The van der Waals surface area contributed by atoms with Crippen molar-refractivity contribution in [1.82, 2.24) is 0 Å². The minimum atomic E-state index is -0.937. The molecule has 1 rings (SSSR count). The highest BCUT2D eigenvalue weighted by Crippen LogP contribution is 2.31. The van der Waals surface area contributed by atoms with Crippen molar-refractivity contribution in [3.8, 4) is 0 Å². The third kappa shape index (κ3) is 4.45. The van der Waals surface area contributed by atoms with E-state index in [1.165, 1.54) is 20.8 Å². The predicted octanol–water partition coefficient (Wildman–Crippen LogP) is 0.921. The molecule has 0 amide bonds. The maximum absolute atomic E-state index is 11.2. The van der Waals surface area contributed by atoms with E-state index in [2.05, 4.69) is 15.9 Å². The van der Waals surface area contributed by atoms with Crippen molar-refractivity contribution in [2.45, 2.75) is 57.1 Å². The molecule has 0 bridgehead atoms. The van der Waals surface area contributed by atoms with E-state index in [1.54, 1.807) is 6.92 Å². The number of ether oxygens (including phenoxy) is 4. The second kappa shape index (κ2) is 7.03. The van der Waals surface area contributed by atoms with Crippen molar-refractivity contribution < 1.29 is 33.3 Å². The average Bonchev–Trinajstić information content (AvgIpc) is 2.27. The molecule has 1 saturated heterocycles. The number of hydrogen-bond acceptors (Lipinski definition) is 7. The Hall–Kier alpha value is -1.15. The standard InChI is InChI=1S/C12H17BrO7/c1-5-9(18-6(2)14)10(19-7(3)15)11(12(13)17-5)20-8(4)16/h5,9-12H,1-4H3/t5-,9-,10+,11-,12-/m1/s1. The maximum Gasteiger partial charge on any atom is 0.303 e. The summed E-state index contributed by atoms with van der Waals surface area (Å²) in [7, 11) is 0. The number of rotatable bonds is 3. The SMILES string of the molecule is CC(=O)O[C@@H]1[C@@H](OC(C)=O)[C@H](Br)O[C@H](C)[C@H]1OC(C)=O. The summed E-state index contributed by atoms with van der Waals surface area (Å²) >= 11 is 3.22. The Morgan fingerprint density at radius 2 is 1.25 bits per heavy atom. The van der Waals surface area contributed by atoms with E-state index in [1.807, 2.05) is 0 Å². The van der Waals surface area contributed by atoms with Gasteiger partial charge in [0.25, 0.3) is 0 Å². The van der Waals surface area contributed by atoms with Crippen LogP contribution in [0.1, 0.15) is 27.7 Å². The van der Waals surface area contributed by atoms with E-state index >= 15 is 0 Å². The quantitative estimate of drug-likeness (QED) is 0.424. The Labute approximate surface area is 125 Å². The van der Waals surface area contributed by atoms with E-state index in [0.717, 1.165) is 0 Å². The fraction of sp³-hybridized carbons (Fsp3) is 0.750. The monoisotopic (exact) mass is 352 g/mol. The molecule has 1 fully saturated rings. The highest BCUT2D eigenvalue weighted by atomic mass is 79.9. The van der Waals surface area contributed by atoms with Gasteiger partial charge in [0.05, 0.1) is 6.10 Å². The molecular formula is C12H17BrO7. The lowest BCUT2D eigenvalue weighted by Crippen LogP contribution is -2.59. The van der Waals surface area contributed by atoms with Gasteiger partial charge in [0.1, 0.15) is 0 Å². The summed E-state index contributed by atoms with van der Waals surface area (Å²) in [6.45, 7) is 5.35. The van der Waals surface area contributed by atoms with Gasteiger partial charge in [0.2, 0.25) is 0 Å². The highest BCUT2D eigenvalue weighted by molar-refractivity contribution is 9.09. The molecule has 0 aromatic rings. The van der Waals surface area contributed by atoms with Gasteiger partial charge in [-0.05, 0) is 6.92 Å². The summed E-state index contributed by atoms with van der Waals surface area (Å²) in [4.78, 5) is 33.5. The minimum absolute atomic E-state index is 0.528. The molecule has 0 saturated carbocycles. The van der Waals surface area contributed by atoms with Gasteiger partial charge in [0.15, 0.2) is 23.3 Å². The molecule has 8 heteroatoms. The van der Waals surface area contributed by atoms with E-state index in [-0.39, 0.29) is 0 Å². The summed E-state index contributed by atoms with van der Waals surface area (Å²) in [6, 6.07) is 0. The molecule has 0 aromatic heterocycles. The predicted molar refractivity (Wildman–Crippen MR) is 69.9 cm³/mol. The van der Waals surface area contributed by atoms with Gasteiger partial charge in [-0.1, -0.05) is 15.9 Å². The Balaban J connectivity index is 3.01. The molecule has 0 unspecified atom stereocenters. The Kier molecular flexibility index (Phi) is 5.94. The smallest absolute Gasteiger partial charge is 0.303 e. The van der Waals surface area contributed by atoms with E-state index in [0.29, 0.717) is 0 Å². The van der Waals surface area contributed by atoms with Crippen molar-refractivity contribution >= 4 is 33.8 Å². The molecule has 7 nitrogen and oxygen atoms in total. The van der Waals surface area contributed by atoms with Crippen LogP contribution in [0.25, 0.3) is 0 Å². The van der Waals surface area contributed by atoms with Crippen LogP contribution >= 0.6 is 15.9 Å². The summed E-state index contributed by atoms with van der Waals surface area (Å²) in [6.07, 6.45) is -3.22. The largest absolute Gasteiger partial charge is 0.456 e. The van der Waals surface area contributed by atoms with Gasteiger partial charge in [-0.3, -0.25) is 14.4 Å². The third-order valence-electron chi connectivity index (χ3n) is 2.62. The van der Waals surface area contributed by atoms with Crippen LogP contribution in [-0.2, 0) is 33.3 Å². The molecule has 114 valence electrons. The zero-order valence-corrected chi connectivity index (χ0v) is 13.2. The van der Waals surface area contributed by atoms with E-state index in [9.17, 15) is 14.4 Å². The molecule has 1 aliphatic rings. The van der Waals surface area contributed by atoms with Crippen molar-refractivity contribution in [3.63, 3.8) is 0 Å². The first-order valence-electron chi connectivity index (χ1n) is 6.03. The van der Waals surface area contributed by atoms with Crippen molar-refractivity contribution in [3.05, 3.63) is 0 Å². The zero-order valence-electron chi connectivity index (χ0n) is 11.6. The first-order chi connectivity index (χ1) is 9.22. The van der Waals surface area contributed by atoms with Gasteiger partial charge in [-0.2, -0.15) is 0 Å². The lowest BCUT2D eigenvalue weighted by Gasteiger charge is -2.41. The topological polar surface area (TPSA) is 88.1 Å². The Bertz CT molecular complexity index is 369. The number of halogens is 1. The van der Waals surface area contributed by atoms with Gasteiger partial charge < -0.3 is 18.9 Å². The van der Waals surface area contributed by atoms with Crippen molar-refractivity contribution in [2.75, 3.05) is 0 Å². The summed E-state index contributed by atoms with van der Waals surface area (Å²) in [5.74, 6) is -1.67. The molecular weight excluding hydrogens is 336 g/mol. The van der Waals surface area contributed by atoms with Crippen LogP contribution < -0.4 is 0 Å². The minimum Gasteiger partial charge on any atom is -0.456 e. The molecule has 0 aromatic carbocycles. The van der Waals surface area contributed by atoms with Crippen LogP contribution in [0.15, 0.2) is 0 Å². The number of carbonyl (C=O) groups is 3. The van der Waals surface area contributed by atoms with Crippen LogP contribution in [0.2, 0.25) is 0 Å². The van der Waals surface area contributed by atoms with Crippen LogP contribution in [0.3, 0.4) is 0 Å². The molecule has 5 atom stereocenters. The number of alkyl halides is 1. The van der Waals surface area contributed by atoms with E-state index in [4.69, 9.17) is 18.9 Å². The third-order valence-corrected chi connectivity index (χ3v) is 3.36. The second-order valence-electron chi connectivity index (χ2n) is 4.41. The fourth-order valence-electron chi connectivity index (χ4n) is 1.96. The summed E-state index contributed by atoms with van der Waals surface area (Å²) < 4.78 is 20.9. The highest BCUT2D eigenvalue weighted by Gasteiger charge is 2.49. The van der Waals surface area contributed by atoms with E-state index < -0.39 is 47.3 Å². The Morgan fingerprint density at radius 1 is 0.850 bits per heavy atom. The lowest BCUT2D eigenvalue weighted by molar-refractivity contribution is -0.227. The normalized spacial score (nSPS) is 33.1. The van der Waals surface area contributed by atoms with Crippen molar-refractivity contribution in [2.24, 2.45) is 0 Å². The molecule has 20 heavy (non-hydrogen) atoms. The molecule has 1 aliphatic heterocycles. The number of hydrogen-bond donors (Lipinski definition) is 0. The van der Waals surface area contributed by atoms with Gasteiger partial charge in [-0.15, -0.1) is 0 Å². The molecule has 0 N–H and O–H groups in total. The van der Waals surface area contributed by atoms with Crippen LogP contribution in [0.4, 0.5) is 0 Å². The molecule has 0 aliphatic carbocycles. The zero-order chi connectivity index (χ0) is 15.4. The average molecular weight is 353 g/mol. The summed E-state index contributed by atoms with van der Waals surface area (Å²) in [5.41, 5.74) is 0. The fourth-order valence-corrected chi connectivity index (χ4v) is 2.70. The van der Waals surface area contributed by atoms with Crippen molar-refractivity contribution in [1.29, 1.82) is 0 Å². The Morgan fingerprint density at radius 3 is 1.70 bits per heavy atom. The number of esters is 3. The van der Waals surface area contributed by atoms with Gasteiger partial charge in [0, 0.05) is 20.8 Å². The van der Waals surface area contributed by atoms with Gasteiger partial charge in [-0.25, -0.2) is 0 Å².